The molecular formula is C21H20N2O2. The zero-order valence-corrected chi connectivity index (χ0v) is 13.9. The van der Waals surface area contributed by atoms with Gasteiger partial charge in [-0.3, -0.25) is 9.78 Å². The topological polar surface area (TPSA) is 51.2 Å². The van der Waals surface area contributed by atoms with Gasteiger partial charge in [0.15, 0.2) is 0 Å². The SMILES string of the molecule is O=C(Nc1cccc2ncccc12)C1(c2ccccc2)CCOCC1. The van der Waals surface area contributed by atoms with Gasteiger partial charge in [-0.05, 0) is 42.7 Å². The largest absolute Gasteiger partial charge is 0.381 e. The van der Waals surface area contributed by atoms with E-state index in [0.29, 0.717) is 26.1 Å². The smallest absolute Gasteiger partial charge is 0.235 e. The van der Waals surface area contributed by atoms with Gasteiger partial charge in [-0.2, -0.15) is 0 Å². The van der Waals surface area contributed by atoms with Crippen molar-refractivity contribution >= 4 is 22.5 Å². The summed E-state index contributed by atoms with van der Waals surface area (Å²) in [6.45, 7) is 1.19. The lowest BCUT2D eigenvalue weighted by atomic mass is 9.73. The van der Waals surface area contributed by atoms with Crippen molar-refractivity contribution in [1.29, 1.82) is 0 Å². The van der Waals surface area contributed by atoms with E-state index in [1.807, 2.05) is 60.7 Å². The fraction of sp³-hybridized carbons (Fsp3) is 0.238. The van der Waals surface area contributed by atoms with Crippen LogP contribution in [0.3, 0.4) is 0 Å². The molecule has 0 aliphatic carbocycles. The highest BCUT2D eigenvalue weighted by molar-refractivity contribution is 6.05. The van der Waals surface area contributed by atoms with Crippen LogP contribution in [0.15, 0.2) is 66.9 Å². The number of hydrogen-bond acceptors (Lipinski definition) is 3. The predicted octanol–water partition coefficient (Wildman–Crippen LogP) is 3.92. The van der Waals surface area contributed by atoms with Crippen LogP contribution >= 0.6 is 0 Å². The summed E-state index contributed by atoms with van der Waals surface area (Å²) in [4.78, 5) is 17.7. The second-order valence-electron chi connectivity index (χ2n) is 6.39. The Hall–Kier alpha value is -2.72. The lowest BCUT2D eigenvalue weighted by Crippen LogP contribution is -2.44. The molecule has 0 saturated carbocycles. The van der Waals surface area contributed by atoms with E-state index in [-0.39, 0.29) is 5.91 Å². The van der Waals surface area contributed by atoms with Crippen LogP contribution in [0.25, 0.3) is 10.9 Å². The van der Waals surface area contributed by atoms with Crippen molar-refractivity contribution in [3.05, 3.63) is 72.4 Å². The number of aromatic nitrogens is 1. The normalized spacial score (nSPS) is 16.5. The molecule has 4 rings (SSSR count). The number of pyridine rings is 1. The third-order valence-corrected chi connectivity index (χ3v) is 5.00. The van der Waals surface area contributed by atoms with Gasteiger partial charge in [0.05, 0.1) is 16.6 Å². The summed E-state index contributed by atoms with van der Waals surface area (Å²) in [5.41, 5.74) is 2.18. The Morgan fingerprint density at radius 2 is 1.76 bits per heavy atom. The molecule has 25 heavy (non-hydrogen) atoms. The molecule has 3 aromatic rings. The van der Waals surface area contributed by atoms with Crippen LogP contribution in [0.2, 0.25) is 0 Å². The highest BCUT2D eigenvalue weighted by atomic mass is 16.5. The average molecular weight is 332 g/mol. The van der Waals surface area contributed by atoms with Gasteiger partial charge in [-0.25, -0.2) is 0 Å². The zero-order valence-electron chi connectivity index (χ0n) is 13.9. The van der Waals surface area contributed by atoms with Crippen molar-refractivity contribution < 1.29 is 9.53 Å². The Kier molecular flexibility index (Phi) is 4.20. The number of nitrogens with one attached hydrogen (secondary N) is 1. The van der Waals surface area contributed by atoms with Gasteiger partial charge in [-0.15, -0.1) is 0 Å². The van der Waals surface area contributed by atoms with Crippen molar-refractivity contribution in [2.45, 2.75) is 18.3 Å². The molecular weight excluding hydrogens is 312 g/mol. The molecule has 4 nitrogen and oxygen atoms in total. The number of hydrogen-bond donors (Lipinski definition) is 1. The average Bonchev–Trinajstić information content (AvgIpc) is 2.69. The highest BCUT2D eigenvalue weighted by Gasteiger charge is 2.41. The van der Waals surface area contributed by atoms with Gasteiger partial charge in [0.1, 0.15) is 0 Å². The van der Waals surface area contributed by atoms with Crippen molar-refractivity contribution in [2.75, 3.05) is 18.5 Å². The van der Waals surface area contributed by atoms with E-state index >= 15 is 0 Å². The van der Waals surface area contributed by atoms with Gasteiger partial charge in [0, 0.05) is 24.8 Å². The van der Waals surface area contributed by atoms with Crippen molar-refractivity contribution in [3.63, 3.8) is 0 Å². The second kappa shape index (κ2) is 6.65. The van der Waals surface area contributed by atoms with Gasteiger partial charge in [0.2, 0.25) is 5.91 Å². The summed E-state index contributed by atoms with van der Waals surface area (Å²) in [6, 6.07) is 19.7. The Morgan fingerprint density at radius 3 is 2.56 bits per heavy atom. The van der Waals surface area contributed by atoms with Crippen molar-refractivity contribution in [2.24, 2.45) is 0 Å². The van der Waals surface area contributed by atoms with Crippen molar-refractivity contribution in [1.82, 2.24) is 4.98 Å². The fourth-order valence-corrected chi connectivity index (χ4v) is 3.58. The van der Waals surface area contributed by atoms with E-state index in [1.54, 1.807) is 6.20 Å². The zero-order chi connectivity index (χ0) is 17.1. The molecule has 1 fully saturated rings. The van der Waals surface area contributed by atoms with Gasteiger partial charge in [-0.1, -0.05) is 36.4 Å². The lowest BCUT2D eigenvalue weighted by Gasteiger charge is -2.36. The Morgan fingerprint density at radius 1 is 0.960 bits per heavy atom. The van der Waals surface area contributed by atoms with Gasteiger partial charge < -0.3 is 10.1 Å². The summed E-state index contributed by atoms with van der Waals surface area (Å²) in [7, 11) is 0. The third-order valence-electron chi connectivity index (χ3n) is 5.00. The number of carbonyl (C=O) groups is 1. The molecule has 2 heterocycles. The van der Waals surface area contributed by atoms with E-state index in [4.69, 9.17) is 4.74 Å². The van der Waals surface area contributed by atoms with Crippen LogP contribution in [0.5, 0.6) is 0 Å². The maximum absolute atomic E-state index is 13.3. The lowest BCUT2D eigenvalue weighted by molar-refractivity contribution is -0.125. The molecule has 1 saturated heterocycles. The minimum absolute atomic E-state index is 0.0263. The molecule has 1 amide bonds. The first kappa shape index (κ1) is 15.8. The van der Waals surface area contributed by atoms with Crippen LogP contribution in [0.4, 0.5) is 5.69 Å². The standard InChI is InChI=1S/C21H20N2O2/c24-20(23-19-10-4-9-18-17(19)8-5-13-22-18)21(11-14-25-15-12-21)16-6-2-1-3-7-16/h1-10,13H,11-12,14-15H2,(H,23,24). The van der Waals surface area contributed by atoms with Crippen LogP contribution in [-0.2, 0) is 14.9 Å². The Bertz CT molecular complexity index is 881. The Labute approximate surface area is 146 Å². The number of nitrogens with zero attached hydrogens (tertiary/aromatic N) is 1. The van der Waals surface area contributed by atoms with E-state index in [0.717, 1.165) is 22.2 Å². The quantitative estimate of drug-likeness (QED) is 0.791. The van der Waals surface area contributed by atoms with Crippen LogP contribution in [0.1, 0.15) is 18.4 Å². The number of fused-ring (bicyclic) bond motifs is 1. The van der Waals surface area contributed by atoms with Crippen LogP contribution in [0, 0.1) is 0 Å². The van der Waals surface area contributed by atoms with E-state index in [1.165, 1.54) is 0 Å². The third kappa shape index (κ3) is 2.89. The minimum atomic E-state index is -0.552. The highest BCUT2D eigenvalue weighted by Crippen LogP contribution is 2.36. The summed E-state index contributed by atoms with van der Waals surface area (Å²) < 4.78 is 5.53. The molecule has 0 atom stereocenters. The fourth-order valence-electron chi connectivity index (χ4n) is 3.58. The molecule has 126 valence electrons. The maximum Gasteiger partial charge on any atom is 0.235 e. The number of rotatable bonds is 3. The second-order valence-corrected chi connectivity index (χ2v) is 6.39. The van der Waals surface area contributed by atoms with E-state index in [2.05, 4.69) is 10.3 Å². The molecule has 4 heteroatoms. The molecule has 1 aliphatic rings. The first-order chi connectivity index (χ1) is 12.3. The summed E-state index contributed by atoms with van der Waals surface area (Å²) in [5.74, 6) is 0.0263. The minimum Gasteiger partial charge on any atom is -0.381 e. The molecule has 0 bridgehead atoms. The first-order valence-corrected chi connectivity index (χ1v) is 8.58. The predicted molar refractivity (Wildman–Crippen MR) is 98.5 cm³/mol. The molecule has 0 unspecified atom stereocenters. The number of ether oxygens (including phenoxy) is 1. The van der Waals surface area contributed by atoms with Gasteiger partial charge in [0.25, 0.3) is 0 Å². The number of anilines is 1. The molecule has 1 aromatic heterocycles. The summed E-state index contributed by atoms with van der Waals surface area (Å²) in [6.07, 6.45) is 3.13. The van der Waals surface area contributed by atoms with Crippen LogP contribution < -0.4 is 5.32 Å². The summed E-state index contributed by atoms with van der Waals surface area (Å²) in [5, 5.41) is 4.11. The number of carbonyl (C=O) groups excluding carboxylic acids is 1. The van der Waals surface area contributed by atoms with E-state index < -0.39 is 5.41 Å². The van der Waals surface area contributed by atoms with E-state index in [9.17, 15) is 4.79 Å². The monoisotopic (exact) mass is 332 g/mol. The van der Waals surface area contributed by atoms with Gasteiger partial charge >= 0.3 is 0 Å². The first-order valence-electron chi connectivity index (χ1n) is 8.58. The molecule has 2 aromatic carbocycles. The number of amides is 1. The molecule has 1 aliphatic heterocycles. The Balaban J connectivity index is 1.72. The number of benzene rings is 2. The molecule has 0 spiro atoms. The maximum atomic E-state index is 13.3. The van der Waals surface area contributed by atoms with Crippen LogP contribution in [-0.4, -0.2) is 24.1 Å². The molecule has 0 radical (unpaired) electrons. The van der Waals surface area contributed by atoms with Crippen molar-refractivity contribution in [3.8, 4) is 0 Å². The molecule has 1 N–H and O–H groups in total. The summed E-state index contributed by atoms with van der Waals surface area (Å²) >= 11 is 0.